The normalized spacial score (nSPS) is 18.7. The lowest BCUT2D eigenvalue weighted by Crippen LogP contribution is -2.53. The van der Waals surface area contributed by atoms with E-state index >= 15 is 0 Å². The second-order valence-electron chi connectivity index (χ2n) is 6.96. The summed E-state index contributed by atoms with van der Waals surface area (Å²) in [6.07, 6.45) is 2.75. The Morgan fingerprint density at radius 3 is 2.56 bits per heavy atom. The van der Waals surface area contributed by atoms with E-state index in [1.165, 1.54) is 17.8 Å². The molecule has 1 aliphatic heterocycles. The lowest BCUT2D eigenvalue weighted by molar-refractivity contribution is 0.214. The second-order valence-corrected chi connectivity index (χ2v) is 7.89. The molecule has 2 heterocycles. The van der Waals surface area contributed by atoms with Crippen LogP contribution in [-0.4, -0.2) is 74.2 Å². The molecule has 0 radical (unpaired) electrons. The molecule has 1 saturated carbocycles. The number of nitrogens with one attached hydrogen (secondary N) is 1. The van der Waals surface area contributed by atoms with Crippen molar-refractivity contribution in [3.8, 4) is 0 Å². The van der Waals surface area contributed by atoms with E-state index in [2.05, 4.69) is 56.4 Å². The zero-order valence-corrected chi connectivity index (χ0v) is 18.8. The highest BCUT2D eigenvalue weighted by Gasteiger charge is 2.30. The number of hydrogen-bond donors (Lipinski definition) is 1. The number of anilines is 1. The molecule has 142 valence electrons. The van der Waals surface area contributed by atoms with Gasteiger partial charge in [-0.3, -0.25) is 9.89 Å². The van der Waals surface area contributed by atoms with Crippen LogP contribution in [0.1, 0.15) is 26.7 Å². The Morgan fingerprint density at radius 2 is 2.04 bits per heavy atom. The topological polar surface area (TPSA) is 34.1 Å². The first-order valence-corrected chi connectivity index (χ1v) is 10.1. The minimum atomic E-state index is 0. The fourth-order valence-electron chi connectivity index (χ4n) is 3.49. The van der Waals surface area contributed by atoms with Crippen LogP contribution in [0.4, 0.5) is 5.00 Å². The third-order valence-electron chi connectivity index (χ3n) is 4.94. The van der Waals surface area contributed by atoms with Gasteiger partial charge in [0.15, 0.2) is 5.96 Å². The highest BCUT2D eigenvalue weighted by atomic mass is 127. The highest BCUT2D eigenvalue weighted by molar-refractivity contribution is 14.0. The summed E-state index contributed by atoms with van der Waals surface area (Å²) in [6.45, 7) is 10.9. The lowest BCUT2D eigenvalue weighted by atomic mass is 10.3. The average molecular weight is 477 g/mol. The largest absolute Gasteiger partial charge is 0.360 e. The SMILES string of the molecule is CN=C(NCCN(C(C)C)C1CC1)N1CCN(c2cccs2)CC1.I. The maximum absolute atomic E-state index is 4.50. The number of halogens is 1. The Hall–Kier alpha value is -0.540. The van der Waals surface area contributed by atoms with Gasteiger partial charge in [0.25, 0.3) is 0 Å². The van der Waals surface area contributed by atoms with E-state index < -0.39 is 0 Å². The highest BCUT2D eigenvalue weighted by Crippen LogP contribution is 2.28. The number of hydrogen-bond acceptors (Lipinski definition) is 4. The summed E-state index contributed by atoms with van der Waals surface area (Å²) in [5.74, 6) is 1.06. The molecule has 5 nitrogen and oxygen atoms in total. The molecule has 1 aliphatic carbocycles. The molecule has 25 heavy (non-hydrogen) atoms. The Bertz CT molecular complexity index is 520. The molecule has 1 saturated heterocycles. The van der Waals surface area contributed by atoms with Crippen LogP contribution in [-0.2, 0) is 0 Å². The third kappa shape index (κ3) is 5.72. The molecule has 1 aromatic heterocycles. The van der Waals surface area contributed by atoms with Crippen LogP contribution in [0.25, 0.3) is 0 Å². The van der Waals surface area contributed by atoms with Gasteiger partial charge in [-0.05, 0) is 44.2 Å². The van der Waals surface area contributed by atoms with Crippen molar-refractivity contribution in [1.82, 2.24) is 15.1 Å². The van der Waals surface area contributed by atoms with E-state index in [-0.39, 0.29) is 24.0 Å². The van der Waals surface area contributed by atoms with E-state index in [0.29, 0.717) is 6.04 Å². The van der Waals surface area contributed by atoms with Crippen LogP contribution in [0.5, 0.6) is 0 Å². The summed E-state index contributed by atoms with van der Waals surface area (Å²) in [5.41, 5.74) is 0. The molecule has 1 aromatic rings. The molecule has 3 rings (SSSR count). The monoisotopic (exact) mass is 477 g/mol. The summed E-state index contributed by atoms with van der Waals surface area (Å²) in [4.78, 5) is 12.0. The van der Waals surface area contributed by atoms with Crippen molar-refractivity contribution in [1.29, 1.82) is 0 Å². The van der Waals surface area contributed by atoms with Crippen molar-refractivity contribution in [2.45, 2.75) is 38.8 Å². The van der Waals surface area contributed by atoms with Gasteiger partial charge in [0.2, 0.25) is 0 Å². The first-order chi connectivity index (χ1) is 11.7. The fourth-order valence-corrected chi connectivity index (χ4v) is 4.27. The summed E-state index contributed by atoms with van der Waals surface area (Å²) >= 11 is 1.83. The molecule has 7 heteroatoms. The molecule has 1 N–H and O–H groups in total. The number of rotatable bonds is 6. The molecule has 0 bridgehead atoms. The van der Waals surface area contributed by atoms with E-state index in [1.54, 1.807) is 0 Å². The van der Waals surface area contributed by atoms with Crippen LogP contribution in [0.3, 0.4) is 0 Å². The molecule has 0 atom stereocenters. The zero-order chi connectivity index (χ0) is 16.9. The lowest BCUT2D eigenvalue weighted by Gasteiger charge is -2.37. The second kappa shape index (κ2) is 9.97. The van der Waals surface area contributed by atoms with Crippen molar-refractivity contribution < 1.29 is 0 Å². The van der Waals surface area contributed by atoms with Crippen molar-refractivity contribution in [2.75, 3.05) is 51.2 Å². The predicted molar refractivity (Wildman–Crippen MR) is 120 cm³/mol. The maximum atomic E-state index is 4.50. The smallest absolute Gasteiger partial charge is 0.193 e. The molecule has 2 fully saturated rings. The maximum Gasteiger partial charge on any atom is 0.193 e. The van der Waals surface area contributed by atoms with Crippen molar-refractivity contribution in [3.05, 3.63) is 17.5 Å². The van der Waals surface area contributed by atoms with Gasteiger partial charge in [-0.15, -0.1) is 35.3 Å². The standard InChI is InChI=1S/C18H31N5S.HI/c1-15(2)23(16-6-7-16)9-8-20-18(19-3)22-12-10-21(11-13-22)17-5-4-14-24-17;/h4-5,14-16H,6-13H2,1-3H3,(H,19,20);1H. The van der Waals surface area contributed by atoms with E-state index in [1.807, 2.05) is 18.4 Å². The van der Waals surface area contributed by atoms with Gasteiger partial charge >= 0.3 is 0 Å². The minimum Gasteiger partial charge on any atom is -0.360 e. The molecule has 0 aromatic carbocycles. The number of thiophene rings is 1. The van der Waals surface area contributed by atoms with E-state index in [0.717, 1.165) is 51.3 Å². The van der Waals surface area contributed by atoms with E-state index in [4.69, 9.17) is 0 Å². The van der Waals surface area contributed by atoms with Gasteiger partial charge in [-0.2, -0.15) is 0 Å². The summed E-state index contributed by atoms with van der Waals surface area (Å²) in [6, 6.07) is 5.80. The van der Waals surface area contributed by atoms with Crippen molar-refractivity contribution in [2.24, 2.45) is 4.99 Å². The first kappa shape index (κ1) is 20.8. The molecular weight excluding hydrogens is 445 g/mol. The van der Waals surface area contributed by atoms with Crippen LogP contribution in [0, 0.1) is 0 Å². The Morgan fingerprint density at radius 1 is 1.32 bits per heavy atom. The number of nitrogens with zero attached hydrogens (tertiary/aromatic N) is 4. The van der Waals surface area contributed by atoms with Crippen LogP contribution in [0.15, 0.2) is 22.5 Å². The van der Waals surface area contributed by atoms with Gasteiger partial charge in [0.05, 0.1) is 5.00 Å². The Labute approximate surface area is 173 Å². The molecule has 0 unspecified atom stereocenters. The van der Waals surface area contributed by atoms with Gasteiger partial charge in [-0.25, -0.2) is 0 Å². The summed E-state index contributed by atoms with van der Waals surface area (Å²) in [5, 5.41) is 7.11. The Kier molecular flexibility index (Phi) is 8.28. The molecule has 2 aliphatic rings. The summed E-state index contributed by atoms with van der Waals surface area (Å²) in [7, 11) is 1.90. The number of aliphatic imine (C=N–C) groups is 1. The minimum absolute atomic E-state index is 0. The first-order valence-electron chi connectivity index (χ1n) is 9.19. The van der Waals surface area contributed by atoms with Gasteiger partial charge in [0.1, 0.15) is 0 Å². The van der Waals surface area contributed by atoms with Crippen LogP contribution in [0.2, 0.25) is 0 Å². The quantitative estimate of drug-likeness (QED) is 0.388. The number of guanidine groups is 1. The molecule has 0 spiro atoms. The number of piperazine rings is 1. The molecular formula is C18H32IN5S. The van der Waals surface area contributed by atoms with E-state index in [9.17, 15) is 0 Å². The van der Waals surface area contributed by atoms with Crippen LogP contribution < -0.4 is 10.2 Å². The van der Waals surface area contributed by atoms with Gasteiger partial charge in [0, 0.05) is 58.4 Å². The fraction of sp³-hybridized carbons (Fsp3) is 0.722. The Balaban J connectivity index is 0.00000225. The van der Waals surface area contributed by atoms with Gasteiger partial charge < -0.3 is 15.1 Å². The summed E-state index contributed by atoms with van der Waals surface area (Å²) < 4.78 is 0. The van der Waals surface area contributed by atoms with Crippen molar-refractivity contribution in [3.63, 3.8) is 0 Å². The average Bonchev–Trinajstić information content (AvgIpc) is 3.27. The van der Waals surface area contributed by atoms with Gasteiger partial charge in [-0.1, -0.05) is 0 Å². The van der Waals surface area contributed by atoms with Crippen LogP contribution >= 0.6 is 35.3 Å². The van der Waals surface area contributed by atoms with Crippen molar-refractivity contribution >= 4 is 46.3 Å². The predicted octanol–water partition coefficient (Wildman–Crippen LogP) is 2.94. The molecule has 0 amide bonds. The third-order valence-corrected chi connectivity index (χ3v) is 5.87. The zero-order valence-electron chi connectivity index (χ0n) is 15.6.